The molecule has 0 bridgehead atoms. The number of nitrogens with one attached hydrogen (secondary N) is 2. The molecule has 0 saturated carbocycles. The highest BCUT2D eigenvalue weighted by atomic mass is 16.5. The van der Waals surface area contributed by atoms with Gasteiger partial charge in [-0.1, -0.05) is 6.07 Å². The van der Waals surface area contributed by atoms with Crippen molar-refractivity contribution in [1.29, 1.82) is 0 Å². The Morgan fingerprint density at radius 2 is 2.08 bits per heavy atom. The van der Waals surface area contributed by atoms with Crippen molar-refractivity contribution in [2.75, 3.05) is 10.6 Å². The first-order chi connectivity index (χ1) is 12.7. The van der Waals surface area contributed by atoms with Crippen LogP contribution in [0.25, 0.3) is 0 Å². The van der Waals surface area contributed by atoms with Gasteiger partial charge in [-0.2, -0.15) is 0 Å². The number of aliphatic imine (C=N–C) groups is 1. The fourth-order valence-electron chi connectivity index (χ4n) is 2.83. The van der Waals surface area contributed by atoms with Crippen molar-refractivity contribution in [2.45, 2.75) is 20.0 Å². The topological polar surface area (TPSA) is 58.5 Å². The summed E-state index contributed by atoms with van der Waals surface area (Å²) in [6, 6.07) is 18.8. The van der Waals surface area contributed by atoms with Crippen LogP contribution in [0.5, 0.6) is 11.5 Å². The predicted octanol–water partition coefficient (Wildman–Crippen LogP) is 4.86. The van der Waals surface area contributed by atoms with Gasteiger partial charge >= 0.3 is 0 Å². The summed E-state index contributed by atoms with van der Waals surface area (Å²) < 4.78 is 5.93. The van der Waals surface area contributed by atoms with Crippen LogP contribution in [0, 0.1) is 19.9 Å². The van der Waals surface area contributed by atoms with Crippen LogP contribution in [-0.4, -0.2) is 11.3 Å². The number of hydrogen-bond acceptors (Lipinski definition) is 5. The van der Waals surface area contributed by atoms with Crippen molar-refractivity contribution in [1.82, 2.24) is 4.98 Å². The number of benzene rings is 2. The molecule has 0 aliphatic carbocycles. The van der Waals surface area contributed by atoms with Crippen molar-refractivity contribution in [2.24, 2.45) is 4.99 Å². The third-order valence-corrected chi connectivity index (χ3v) is 4.22. The summed E-state index contributed by atoms with van der Waals surface area (Å²) in [4.78, 5) is 8.75. The van der Waals surface area contributed by atoms with Crippen LogP contribution in [0.2, 0.25) is 0 Å². The fraction of sp³-hybridized carbons (Fsp3) is 0.143. The number of fused-ring (bicyclic) bond motifs is 1. The lowest BCUT2D eigenvalue weighted by molar-refractivity contribution is 0.476. The van der Waals surface area contributed by atoms with Crippen molar-refractivity contribution in [3.8, 4) is 11.5 Å². The summed E-state index contributed by atoms with van der Waals surface area (Å²) >= 11 is 0. The summed E-state index contributed by atoms with van der Waals surface area (Å²) in [5, 5.41) is 6.60. The van der Waals surface area contributed by atoms with Gasteiger partial charge in [0.05, 0.1) is 12.5 Å². The highest BCUT2D eigenvalue weighted by molar-refractivity contribution is 5.80. The molecule has 1 unspecified atom stereocenters. The molecule has 0 fully saturated rings. The Kier molecular flexibility index (Phi) is 4.27. The summed E-state index contributed by atoms with van der Waals surface area (Å²) in [6.07, 6.45) is 3.31. The third-order valence-electron chi connectivity index (χ3n) is 4.22. The number of ether oxygens (including phenoxy) is 1. The van der Waals surface area contributed by atoms with E-state index in [9.17, 15) is 0 Å². The maximum atomic E-state index is 5.93. The van der Waals surface area contributed by atoms with Gasteiger partial charge in [-0.3, -0.25) is 4.98 Å². The lowest BCUT2D eigenvalue weighted by Crippen LogP contribution is -2.16. The van der Waals surface area contributed by atoms with E-state index in [0.717, 1.165) is 39.7 Å². The molecule has 5 nitrogen and oxygen atoms in total. The Morgan fingerprint density at radius 1 is 1.15 bits per heavy atom. The molecule has 2 aromatic carbocycles. The van der Waals surface area contributed by atoms with Gasteiger partial charge in [-0.15, -0.1) is 0 Å². The fourth-order valence-corrected chi connectivity index (χ4v) is 2.83. The van der Waals surface area contributed by atoms with Crippen molar-refractivity contribution in [3.63, 3.8) is 0 Å². The minimum atomic E-state index is -0.142. The SMILES string of the molecule is Cc1ccc(Oc2ccc(NC3N=CNc4cc[c]cc43)cc2C)cn1. The second-order valence-corrected chi connectivity index (χ2v) is 6.20. The van der Waals surface area contributed by atoms with Crippen LogP contribution in [0.1, 0.15) is 23.0 Å². The molecule has 4 rings (SSSR count). The minimum absolute atomic E-state index is 0.142. The zero-order valence-electron chi connectivity index (χ0n) is 14.7. The summed E-state index contributed by atoms with van der Waals surface area (Å²) in [5.74, 6) is 1.54. The van der Waals surface area contributed by atoms with Gasteiger partial charge in [0.15, 0.2) is 0 Å². The zero-order chi connectivity index (χ0) is 17.9. The minimum Gasteiger partial charge on any atom is -0.455 e. The van der Waals surface area contributed by atoms with Gasteiger partial charge in [0.1, 0.15) is 17.7 Å². The molecular weight excluding hydrogens is 324 g/mol. The zero-order valence-corrected chi connectivity index (χ0v) is 14.7. The maximum absolute atomic E-state index is 5.93. The molecule has 129 valence electrons. The molecule has 1 aliphatic rings. The monoisotopic (exact) mass is 343 g/mol. The molecular formula is C21H19N4O. The molecule has 1 radical (unpaired) electrons. The van der Waals surface area contributed by atoms with E-state index in [2.05, 4.69) is 32.7 Å². The van der Waals surface area contributed by atoms with Crippen LogP contribution in [0.4, 0.5) is 11.4 Å². The number of pyridine rings is 1. The number of aryl methyl sites for hydroxylation is 2. The Labute approximate surface area is 152 Å². The predicted molar refractivity (Wildman–Crippen MR) is 104 cm³/mol. The molecule has 3 aromatic rings. The molecule has 0 saturated heterocycles. The lowest BCUT2D eigenvalue weighted by Gasteiger charge is -2.23. The van der Waals surface area contributed by atoms with E-state index in [1.165, 1.54) is 0 Å². The van der Waals surface area contributed by atoms with Gasteiger partial charge < -0.3 is 15.4 Å². The second kappa shape index (κ2) is 6.88. The number of rotatable bonds is 4. The molecule has 0 amide bonds. The highest BCUT2D eigenvalue weighted by Gasteiger charge is 2.16. The molecule has 2 N–H and O–H groups in total. The summed E-state index contributed by atoms with van der Waals surface area (Å²) in [7, 11) is 0. The first-order valence-electron chi connectivity index (χ1n) is 8.45. The molecule has 1 aromatic heterocycles. The van der Waals surface area contributed by atoms with E-state index in [4.69, 9.17) is 4.74 Å². The van der Waals surface area contributed by atoms with Crippen LogP contribution >= 0.6 is 0 Å². The molecule has 1 atom stereocenters. The molecule has 26 heavy (non-hydrogen) atoms. The number of aromatic nitrogens is 1. The smallest absolute Gasteiger partial charge is 0.148 e. The number of anilines is 2. The largest absolute Gasteiger partial charge is 0.455 e. The van der Waals surface area contributed by atoms with Crippen LogP contribution < -0.4 is 15.4 Å². The van der Waals surface area contributed by atoms with Crippen LogP contribution in [-0.2, 0) is 0 Å². The van der Waals surface area contributed by atoms with E-state index >= 15 is 0 Å². The summed E-state index contributed by atoms with van der Waals surface area (Å²) in [5.41, 5.74) is 5.09. The average molecular weight is 343 g/mol. The molecule has 0 spiro atoms. The van der Waals surface area contributed by atoms with Crippen molar-refractivity contribution >= 4 is 17.7 Å². The van der Waals surface area contributed by atoms with Gasteiger partial charge in [0.2, 0.25) is 0 Å². The van der Waals surface area contributed by atoms with E-state index in [1.54, 1.807) is 12.5 Å². The lowest BCUT2D eigenvalue weighted by atomic mass is 10.1. The molecule has 5 heteroatoms. The second-order valence-electron chi connectivity index (χ2n) is 6.20. The van der Waals surface area contributed by atoms with Crippen molar-refractivity contribution < 1.29 is 4.74 Å². The normalized spacial score (nSPS) is 15.1. The Morgan fingerprint density at radius 3 is 2.88 bits per heavy atom. The van der Waals surface area contributed by atoms with Gasteiger partial charge in [-0.25, -0.2) is 4.99 Å². The van der Waals surface area contributed by atoms with E-state index < -0.39 is 0 Å². The van der Waals surface area contributed by atoms with E-state index in [0.29, 0.717) is 0 Å². The van der Waals surface area contributed by atoms with Crippen LogP contribution in [0.15, 0.2) is 59.7 Å². The molecule has 2 heterocycles. The van der Waals surface area contributed by atoms with E-state index in [-0.39, 0.29) is 6.17 Å². The van der Waals surface area contributed by atoms with Gasteiger partial charge in [-0.05, 0) is 67.9 Å². The Bertz CT molecular complexity index is 950. The van der Waals surface area contributed by atoms with Gasteiger partial charge in [0.25, 0.3) is 0 Å². The highest BCUT2D eigenvalue weighted by Crippen LogP contribution is 2.32. The first kappa shape index (κ1) is 16.1. The molecule has 1 aliphatic heterocycles. The number of hydrogen-bond donors (Lipinski definition) is 2. The van der Waals surface area contributed by atoms with Crippen LogP contribution in [0.3, 0.4) is 0 Å². The van der Waals surface area contributed by atoms with Gasteiger partial charge in [0, 0.05) is 22.6 Å². The summed E-state index contributed by atoms with van der Waals surface area (Å²) in [6.45, 7) is 3.98. The first-order valence-corrected chi connectivity index (χ1v) is 8.45. The number of nitrogens with zero attached hydrogens (tertiary/aromatic N) is 2. The van der Waals surface area contributed by atoms with E-state index in [1.807, 2.05) is 56.3 Å². The third kappa shape index (κ3) is 3.37. The Hall–Kier alpha value is -3.34. The quantitative estimate of drug-likeness (QED) is 0.710. The van der Waals surface area contributed by atoms with Crippen molar-refractivity contribution in [3.05, 3.63) is 77.6 Å². The Balaban J connectivity index is 1.52. The standard InChI is InChI=1S/C21H19N4O/c1-14-11-16(8-10-20(14)26-17-9-7-15(2)22-12-17)25-21-18-5-3-4-6-19(18)23-13-24-21/h4-13,21,25H,1-2H3,(H,23,24). The average Bonchev–Trinajstić information content (AvgIpc) is 2.66. The maximum Gasteiger partial charge on any atom is 0.148 e.